The molecule has 3 rings (SSSR count). The number of Topliss-reactive ketones (excluding diaryl/α,β-unsaturated/α-hetero) is 1. The maximum atomic E-state index is 13.6. The molecule has 2 aromatic rings. The van der Waals surface area contributed by atoms with Crippen molar-refractivity contribution in [3.05, 3.63) is 64.7 Å². The number of esters is 1. The number of carbonyl (C=O) groups excluding carboxylic acids is 3. The molecule has 1 aliphatic rings. The van der Waals surface area contributed by atoms with Crippen LogP contribution in [0.1, 0.15) is 47.7 Å². The van der Waals surface area contributed by atoms with E-state index in [2.05, 4.69) is 5.32 Å². The number of aryl methyl sites for hydroxylation is 2. The zero-order chi connectivity index (χ0) is 21.0. The zero-order valence-corrected chi connectivity index (χ0v) is 16.0. The summed E-state index contributed by atoms with van der Waals surface area (Å²) in [4.78, 5) is 36.3. The molecule has 1 N–H and O–H groups in total. The summed E-state index contributed by atoms with van der Waals surface area (Å²) in [7, 11) is 0. The molecule has 0 aliphatic heterocycles. The number of ketones is 1. The van der Waals surface area contributed by atoms with Gasteiger partial charge in [0.05, 0.1) is 6.42 Å². The van der Waals surface area contributed by atoms with Crippen LogP contribution in [0.25, 0.3) is 0 Å². The molecule has 29 heavy (non-hydrogen) atoms. The molecule has 1 atom stereocenters. The quantitative estimate of drug-likeness (QED) is 0.563. The first kappa shape index (κ1) is 20.6. The Kier molecular flexibility index (Phi) is 6.36. The number of para-hydroxylation sites is 1. The second-order valence-corrected chi connectivity index (χ2v) is 6.98. The highest BCUT2D eigenvalue weighted by Crippen LogP contribution is 2.23. The summed E-state index contributed by atoms with van der Waals surface area (Å²) in [6.07, 6.45) is 1.54. The van der Waals surface area contributed by atoms with Crippen molar-refractivity contribution in [2.45, 2.75) is 45.1 Å². The summed E-state index contributed by atoms with van der Waals surface area (Å²) in [5, 5.41) is 2.07. The monoisotopic (exact) mass is 401 g/mol. The second kappa shape index (κ2) is 8.94. The van der Waals surface area contributed by atoms with E-state index in [4.69, 9.17) is 4.74 Å². The van der Waals surface area contributed by atoms with Gasteiger partial charge in [0.2, 0.25) is 0 Å². The van der Waals surface area contributed by atoms with Crippen molar-refractivity contribution in [2.24, 2.45) is 0 Å². The largest absolute Gasteiger partial charge is 0.453 e. The summed E-state index contributed by atoms with van der Waals surface area (Å²) >= 11 is 0. The number of carbonyl (C=O) groups is 3. The zero-order valence-electron chi connectivity index (χ0n) is 16.0. The molecule has 0 fully saturated rings. The lowest BCUT2D eigenvalue weighted by Gasteiger charge is -2.14. The van der Waals surface area contributed by atoms with Crippen LogP contribution >= 0.6 is 0 Å². The third kappa shape index (κ3) is 5.04. The molecular formula is C22H21F2NO4. The summed E-state index contributed by atoms with van der Waals surface area (Å²) in [6, 6.07) is 8.75. The topological polar surface area (TPSA) is 72.5 Å². The van der Waals surface area contributed by atoms with Gasteiger partial charge in [-0.1, -0.05) is 18.2 Å². The molecule has 5 nitrogen and oxygen atoms in total. The molecule has 0 bridgehead atoms. The highest BCUT2D eigenvalue weighted by atomic mass is 19.1. The van der Waals surface area contributed by atoms with E-state index in [0.717, 1.165) is 31.4 Å². The predicted octanol–water partition coefficient (Wildman–Crippen LogP) is 3.99. The summed E-state index contributed by atoms with van der Waals surface area (Å²) in [5.41, 5.74) is 2.38. The highest BCUT2D eigenvalue weighted by molar-refractivity contribution is 5.98. The van der Waals surface area contributed by atoms with Gasteiger partial charge in [-0.2, -0.15) is 0 Å². The number of halogens is 2. The number of ether oxygens (including phenoxy) is 1. The molecule has 0 radical (unpaired) electrons. The Bertz CT molecular complexity index is 938. The number of hydrogen-bond donors (Lipinski definition) is 1. The molecule has 0 heterocycles. The van der Waals surface area contributed by atoms with Crippen LogP contribution in [0.2, 0.25) is 0 Å². The molecular weight excluding hydrogens is 380 g/mol. The third-order valence-electron chi connectivity index (χ3n) is 4.87. The fourth-order valence-electron chi connectivity index (χ4n) is 3.26. The molecule has 2 aromatic carbocycles. The number of hydrogen-bond acceptors (Lipinski definition) is 4. The predicted molar refractivity (Wildman–Crippen MR) is 103 cm³/mol. The Hall–Kier alpha value is -3.09. The fraction of sp³-hybridized carbons (Fsp3) is 0.318. The number of benzene rings is 2. The number of anilines is 1. The van der Waals surface area contributed by atoms with Gasteiger partial charge in [0, 0.05) is 12.0 Å². The van der Waals surface area contributed by atoms with Crippen molar-refractivity contribution in [3.63, 3.8) is 0 Å². The molecule has 0 spiro atoms. The number of rotatable bonds is 7. The van der Waals surface area contributed by atoms with E-state index in [9.17, 15) is 23.2 Å². The molecule has 152 valence electrons. The molecule has 0 saturated carbocycles. The highest BCUT2D eigenvalue weighted by Gasteiger charge is 2.21. The minimum Gasteiger partial charge on any atom is -0.453 e. The number of fused-ring (bicyclic) bond motifs is 1. The Labute approximate surface area is 167 Å². The first-order valence-electron chi connectivity index (χ1n) is 9.44. The first-order chi connectivity index (χ1) is 13.8. The Morgan fingerprint density at radius 1 is 1.03 bits per heavy atom. The van der Waals surface area contributed by atoms with Gasteiger partial charge < -0.3 is 10.1 Å². The van der Waals surface area contributed by atoms with E-state index in [1.54, 1.807) is 6.07 Å². The average molecular weight is 401 g/mol. The minimum atomic E-state index is -1.27. The maximum Gasteiger partial charge on any atom is 0.307 e. The number of nitrogens with one attached hydrogen (secondary N) is 1. The van der Waals surface area contributed by atoms with Gasteiger partial charge in [-0.15, -0.1) is 0 Å². The van der Waals surface area contributed by atoms with Crippen LogP contribution in [0.4, 0.5) is 14.5 Å². The van der Waals surface area contributed by atoms with Gasteiger partial charge in [-0.05, 0) is 55.5 Å². The lowest BCUT2D eigenvalue weighted by molar-refractivity contribution is -0.153. The molecule has 1 unspecified atom stereocenters. The van der Waals surface area contributed by atoms with Gasteiger partial charge in [0.15, 0.2) is 11.9 Å². The second-order valence-electron chi connectivity index (χ2n) is 6.98. The van der Waals surface area contributed by atoms with Crippen molar-refractivity contribution in [1.29, 1.82) is 0 Å². The molecule has 0 saturated heterocycles. The Morgan fingerprint density at radius 2 is 1.72 bits per heavy atom. The first-order valence-corrected chi connectivity index (χ1v) is 9.44. The van der Waals surface area contributed by atoms with Crippen molar-refractivity contribution in [3.8, 4) is 0 Å². The third-order valence-corrected chi connectivity index (χ3v) is 4.87. The van der Waals surface area contributed by atoms with Crippen molar-refractivity contribution in [2.75, 3.05) is 5.32 Å². The summed E-state index contributed by atoms with van der Waals surface area (Å²) < 4.78 is 32.2. The lowest BCUT2D eigenvalue weighted by Crippen LogP contribution is -2.30. The fourth-order valence-corrected chi connectivity index (χ4v) is 3.26. The maximum absolute atomic E-state index is 13.6. The van der Waals surface area contributed by atoms with Crippen molar-refractivity contribution in [1.82, 2.24) is 0 Å². The molecule has 7 heteroatoms. The van der Waals surface area contributed by atoms with Crippen LogP contribution in [0, 0.1) is 11.6 Å². The summed E-state index contributed by atoms with van der Waals surface area (Å²) in [6.45, 7) is 1.29. The van der Waals surface area contributed by atoms with Crippen LogP contribution in [-0.2, 0) is 27.2 Å². The van der Waals surface area contributed by atoms with Crippen molar-refractivity contribution >= 4 is 23.3 Å². The minimum absolute atomic E-state index is 0.0477. The van der Waals surface area contributed by atoms with Gasteiger partial charge in [0.25, 0.3) is 5.91 Å². The van der Waals surface area contributed by atoms with E-state index < -0.39 is 35.3 Å². The Morgan fingerprint density at radius 3 is 2.45 bits per heavy atom. The SMILES string of the molecule is CC(OC(=O)CCC(=O)c1ccc2c(c1)CCC2)C(=O)Nc1c(F)cccc1F. The van der Waals surface area contributed by atoms with E-state index in [-0.39, 0.29) is 18.6 Å². The van der Waals surface area contributed by atoms with Gasteiger partial charge in [-0.3, -0.25) is 14.4 Å². The standard InChI is InChI=1S/C22H21F2NO4/c1-13(22(28)25-21-17(23)6-3-7-18(21)24)29-20(27)11-10-19(26)16-9-8-14-4-2-5-15(14)12-16/h3,6-9,12-13H,2,4-5,10-11H2,1H3,(H,25,28). The van der Waals surface area contributed by atoms with Crippen LogP contribution in [0.15, 0.2) is 36.4 Å². The van der Waals surface area contributed by atoms with Crippen LogP contribution in [0.5, 0.6) is 0 Å². The molecule has 0 aromatic heterocycles. The van der Waals surface area contributed by atoms with Crippen LogP contribution in [0.3, 0.4) is 0 Å². The van der Waals surface area contributed by atoms with Gasteiger partial charge in [-0.25, -0.2) is 8.78 Å². The van der Waals surface area contributed by atoms with E-state index >= 15 is 0 Å². The van der Waals surface area contributed by atoms with E-state index in [1.807, 2.05) is 12.1 Å². The van der Waals surface area contributed by atoms with E-state index in [0.29, 0.717) is 5.56 Å². The molecule has 1 amide bonds. The summed E-state index contributed by atoms with van der Waals surface area (Å²) in [5.74, 6) is -3.65. The van der Waals surface area contributed by atoms with Crippen molar-refractivity contribution < 1.29 is 27.9 Å². The van der Waals surface area contributed by atoms with Gasteiger partial charge in [0.1, 0.15) is 17.3 Å². The average Bonchev–Trinajstić information content (AvgIpc) is 3.16. The van der Waals surface area contributed by atoms with E-state index in [1.165, 1.54) is 24.1 Å². The molecule has 1 aliphatic carbocycles. The lowest BCUT2D eigenvalue weighted by atomic mass is 10.0. The smallest absolute Gasteiger partial charge is 0.307 e. The van der Waals surface area contributed by atoms with Gasteiger partial charge >= 0.3 is 5.97 Å². The normalized spacial score (nSPS) is 13.5. The van der Waals surface area contributed by atoms with Crippen LogP contribution in [-0.4, -0.2) is 23.8 Å². The number of amides is 1. The van der Waals surface area contributed by atoms with Crippen LogP contribution < -0.4 is 5.32 Å². The Balaban J connectivity index is 1.49.